The molecule has 0 aliphatic carbocycles. The van der Waals surface area contributed by atoms with Crippen LogP contribution in [0.4, 0.5) is 5.82 Å². The fourth-order valence-corrected chi connectivity index (χ4v) is 4.57. The van der Waals surface area contributed by atoms with E-state index < -0.39 is 0 Å². The number of hydrogen-bond acceptors (Lipinski definition) is 7. The highest BCUT2D eigenvalue weighted by Crippen LogP contribution is 2.33. The average molecular weight is 482 g/mol. The summed E-state index contributed by atoms with van der Waals surface area (Å²) in [6, 6.07) is 8.11. The van der Waals surface area contributed by atoms with E-state index >= 15 is 0 Å². The maximum absolute atomic E-state index is 6.14. The Morgan fingerprint density at radius 2 is 2.00 bits per heavy atom. The number of methoxy groups -OCH3 is 1. The molecule has 2 atom stereocenters. The molecule has 1 saturated heterocycles. The van der Waals surface area contributed by atoms with Gasteiger partial charge in [0.15, 0.2) is 5.65 Å². The van der Waals surface area contributed by atoms with E-state index in [1.54, 1.807) is 7.11 Å². The summed E-state index contributed by atoms with van der Waals surface area (Å²) in [6.07, 6.45) is 3.03. The molecule has 8 heteroatoms. The highest BCUT2D eigenvalue weighted by Gasteiger charge is 2.22. The van der Waals surface area contributed by atoms with Crippen LogP contribution in [0, 0.1) is 11.8 Å². The molecule has 1 aromatic carbocycles. The van der Waals surface area contributed by atoms with E-state index in [0.29, 0.717) is 24.4 Å². The van der Waals surface area contributed by atoms with Crippen LogP contribution in [0.5, 0.6) is 11.5 Å². The summed E-state index contributed by atoms with van der Waals surface area (Å²) in [5.74, 6) is 3.76. The Morgan fingerprint density at radius 3 is 2.69 bits per heavy atom. The molecule has 0 spiro atoms. The van der Waals surface area contributed by atoms with Crippen molar-refractivity contribution in [2.75, 3.05) is 59.0 Å². The van der Waals surface area contributed by atoms with Gasteiger partial charge in [0.25, 0.3) is 0 Å². The molecule has 0 saturated carbocycles. The van der Waals surface area contributed by atoms with Gasteiger partial charge in [-0.15, -0.1) is 0 Å². The topological polar surface area (TPSA) is 73.1 Å². The van der Waals surface area contributed by atoms with Crippen molar-refractivity contribution >= 4 is 11.5 Å². The lowest BCUT2D eigenvalue weighted by Gasteiger charge is -2.23. The average Bonchev–Trinajstić information content (AvgIpc) is 3.52. The monoisotopic (exact) mass is 481 g/mol. The number of hydrogen-bond donors (Lipinski definition) is 1. The molecule has 1 fully saturated rings. The van der Waals surface area contributed by atoms with E-state index in [9.17, 15) is 0 Å². The van der Waals surface area contributed by atoms with E-state index in [1.165, 1.54) is 0 Å². The van der Waals surface area contributed by atoms with Gasteiger partial charge in [0.1, 0.15) is 17.3 Å². The number of nitrogens with one attached hydrogen (secondary N) is 1. The second-order valence-corrected chi connectivity index (χ2v) is 9.97. The van der Waals surface area contributed by atoms with Gasteiger partial charge in [0.05, 0.1) is 32.2 Å². The summed E-state index contributed by atoms with van der Waals surface area (Å²) in [4.78, 5) is 7.34. The fourth-order valence-electron chi connectivity index (χ4n) is 4.57. The molecule has 0 bridgehead atoms. The maximum Gasteiger partial charge on any atom is 0.161 e. The van der Waals surface area contributed by atoms with Crippen molar-refractivity contribution in [3.05, 3.63) is 36.0 Å². The first kappa shape index (κ1) is 25.3. The number of fused-ring (bicyclic) bond motifs is 1. The van der Waals surface area contributed by atoms with Crippen LogP contribution in [-0.2, 0) is 4.74 Å². The summed E-state index contributed by atoms with van der Waals surface area (Å²) < 4.78 is 19.3. The first-order valence-corrected chi connectivity index (χ1v) is 12.5. The lowest BCUT2D eigenvalue weighted by molar-refractivity contribution is 0.186. The summed E-state index contributed by atoms with van der Waals surface area (Å²) in [7, 11) is 5.76. The Hall–Kier alpha value is -2.84. The Bertz CT molecular complexity index is 1120. The molecule has 3 heterocycles. The normalized spacial score (nSPS) is 16.7. The molecule has 3 aromatic rings. The molecule has 190 valence electrons. The number of aromatic nitrogens is 3. The first-order valence-electron chi connectivity index (χ1n) is 12.5. The van der Waals surface area contributed by atoms with Crippen LogP contribution in [0.25, 0.3) is 16.9 Å². The van der Waals surface area contributed by atoms with Crippen LogP contribution in [0.15, 0.2) is 30.5 Å². The van der Waals surface area contributed by atoms with E-state index in [2.05, 4.69) is 44.1 Å². The van der Waals surface area contributed by atoms with Crippen molar-refractivity contribution in [1.82, 2.24) is 19.9 Å². The van der Waals surface area contributed by atoms with Gasteiger partial charge < -0.3 is 24.4 Å². The predicted molar refractivity (Wildman–Crippen MR) is 140 cm³/mol. The minimum atomic E-state index is 0.314. The molecule has 1 aliphatic rings. The largest absolute Gasteiger partial charge is 0.497 e. The molecule has 2 unspecified atom stereocenters. The zero-order valence-corrected chi connectivity index (χ0v) is 21.9. The zero-order chi connectivity index (χ0) is 24.9. The van der Waals surface area contributed by atoms with Crippen LogP contribution < -0.4 is 19.7 Å². The van der Waals surface area contributed by atoms with Crippen LogP contribution in [0.1, 0.15) is 38.7 Å². The van der Waals surface area contributed by atoms with Crippen molar-refractivity contribution < 1.29 is 14.2 Å². The second-order valence-electron chi connectivity index (χ2n) is 9.97. The highest BCUT2D eigenvalue weighted by molar-refractivity contribution is 5.70. The van der Waals surface area contributed by atoms with Crippen LogP contribution >= 0.6 is 0 Å². The standard InChI is InChI=1S/C27H39N5O3/c1-18(2)24-14-29-32-26(31(5)15-20-7-8-34-17-20)12-25(30-27(24)32)21-9-22(33-6)11-23(10-21)35-16-19(3)13-28-4/h9-12,14,18-20,28H,7-8,13,15-17H2,1-6H3. The second kappa shape index (κ2) is 11.3. The fraction of sp³-hybridized carbons (Fsp3) is 0.556. The third-order valence-electron chi connectivity index (χ3n) is 6.55. The molecular formula is C27H39N5O3. The van der Waals surface area contributed by atoms with Crippen LogP contribution in [-0.4, -0.2) is 68.7 Å². The number of rotatable bonds is 11. The third-order valence-corrected chi connectivity index (χ3v) is 6.55. The molecule has 4 rings (SSSR count). The molecular weight excluding hydrogens is 442 g/mol. The summed E-state index contributed by atoms with van der Waals surface area (Å²) >= 11 is 0. The minimum absolute atomic E-state index is 0.314. The number of nitrogens with zero attached hydrogens (tertiary/aromatic N) is 4. The number of anilines is 1. The Kier molecular flexibility index (Phi) is 8.13. The molecule has 8 nitrogen and oxygen atoms in total. The minimum Gasteiger partial charge on any atom is -0.497 e. The lowest BCUT2D eigenvalue weighted by atomic mass is 10.1. The van der Waals surface area contributed by atoms with Crippen molar-refractivity contribution in [2.24, 2.45) is 11.8 Å². The van der Waals surface area contributed by atoms with Gasteiger partial charge in [-0.25, -0.2) is 4.98 Å². The lowest BCUT2D eigenvalue weighted by Crippen LogP contribution is -2.27. The van der Waals surface area contributed by atoms with E-state index in [1.807, 2.05) is 36.0 Å². The molecule has 1 aliphatic heterocycles. The van der Waals surface area contributed by atoms with E-state index in [-0.39, 0.29) is 0 Å². The van der Waals surface area contributed by atoms with Gasteiger partial charge in [-0.05, 0) is 31.5 Å². The summed E-state index contributed by atoms with van der Waals surface area (Å²) in [5.41, 5.74) is 3.84. The summed E-state index contributed by atoms with van der Waals surface area (Å²) in [5, 5.41) is 7.91. The molecule has 1 N–H and O–H groups in total. The van der Waals surface area contributed by atoms with Crippen molar-refractivity contribution in [1.29, 1.82) is 0 Å². The molecule has 0 radical (unpaired) electrons. The van der Waals surface area contributed by atoms with Gasteiger partial charge in [0, 0.05) is 61.8 Å². The van der Waals surface area contributed by atoms with Crippen LogP contribution in [0.3, 0.4) is 0 Å². The SMILES string of the molecule is CNCC(C)COc1cc(OC)cc(-c2cc(N(C)CC3CCOC3)n3ncc(C(C)C)c3n2)c1. The number of benzene rings is 1. The smallest absolute Gasteiger partial charge is 0.161 e. The Balaban J connectivity index is 1.74. The van der Waals surface area contributed by atoms with Gasteiger partial charge >= 0.3 is 0 Å². The molecule has 2 aromatic heterocycles. The van der Waals surface area contributed by atoms with E-state index in [4.69, 9.17) is 24.3 Å². The van der Waals surface area contributed by atoms with Gasteiger partial charge in [-0.3, -0.25) is 0 Å². The first-order chi connectivity index (χ1) is 16.9. The zero-order valence-electron chi connectivity index (χ0n) is 21.9. The molecule has 35 heavy (non-hydrogen) atoms. The highest BCUT2D eigenvalue weighted by atomic mass is 16.5. The van der Waals surface area contributed by atoms with Crippen molar-refractivity contribution in [2.45, 2.75) is 33.1 Å². The third kappa shape index (κ3) is 5.87. The van der Waals surface area contributed by atoms with Crippen molar-refractivity contribution in [3.63, 3.8) is 0 Å². The van der Waals surface area contributed by atoms with Crippen LogP contribution in [0.2, 0.25) is 0 Å². The van der Waals surface area contributed by atoms with E-state index in [0.717, 1.165) is 72.5 Å². The molecule has 0 amide bonds. The quantitative estimate of drug-likeness (QED) is 0.439. The Labute approximate surface area is 208 Å². The van der Waals surface area contributed by atoms with Gasteiger partial charge in [0.2, 0.25) is 0 Å². The Morgan fingerprint density at radius 1 is 1.20 bits per heavy atom. The van der Waals surface area contributed by atoms with Gasteiger partial charge in [-0.2, -0.15) is 9.61 Å². The predicted octanol–water partition coefficient (Wildman–Crippen LogP) is 4.24. The van der Waals surface area contributed by atoms with Crippen molar-refractivity contribution in [3.8, 4) is 22.8 Å². The van der Waals surface area contributed by atoms with Gasteiger partial charge in [-0.1, -0.05) is 20.8 Å². The summed E-state index contributed by atoms with van der Waals surface area (Å²) in [6.45, 7) is 10.6. The maximum atomic E-state index is 6.14. The number of ether oxygens (including phenoxy) is 3.